The second kappa shape index (κ2) is 4.75. The van der Waals surface area contributed by atoms with Crippen molar-refractivity contribution in [3.8, 4) is 0 Å². The minimum absolute atomic E-state index is 0.802. The Hall–Kier alpha value is -1.55. The molecule has 0 unspecified atom stereocenters. The molecule has 0 atom stereocenters. The van der Waals surface area contributed by atoms with Gasteiger partial charge < -0.3 is 10.6 Å². The quantitative estimate of drug-likeness (QED) is 0.755. The average Bonchev–Trinajstić information content (AvgIpc) is 2.85. The van der Waals surface area contributed by atoms with Crippen LogP contribution in [-0.4, -0.2) is 29.8 Å². The molecule has 0 saturated carbocycles. The van der Waals surface area contributed by atoms with E-state index in [1.54, 1.807) is 0 Å². The third kappa shape index (κ3) is 2.42. The van der Waals surface area contributed by atoms with Crippen molar-refractivity contribution in [1.29, 1.82) is 0 Å². The standard InChI is InChI=1S/C13H18N4/c1-2-13-11(9-16-17-13)7-12(1)15-8-10-3-5-14-6-4-10/h1-2,7,9-10,14-15H,3-6,8H2,(H,16,17). The summed E-state index contributed by atoms with van der Waals surface area (Å²) in [5, 5.41) is 15.1. The zero-order valence-electron chi connectivity index (χ0n) is 9.87. The number of benzene rings is 1. The number of fused-ring (bicyclic) bond motifs is 1. The fourth-order valence-corrected chi connectivity index (χ4v) is 2.40. The van der Waals surface area contributed by atoms with Crippen LogP contribution in [0, 0.1) is 5.92 Å². The molecule has 1 aliphatic heterocycles. The molecule has 2 aromatic rings. The number of aromatic nitrogens is 2. The van der Waals surface area contributed by atoms with Crippen LogP contribution in [-0.2, 0) is 0 Å². The van der Waals surface area contributed by atoms with Crippen molar-refractivity contribution in [3.63, 3.8) is 0 Å². The van der Waals surface area contributed by atoms with Gasteiger partial charge in [0.2, 0.25) is 0 Å². The molecule has 0 bridgehead atoms. The number of hydrogen-bond donors (Lipinski definition) is 3. The molecule has 0 aliphatic carbocycles. The van der Waals surface area contributed by atoms with Gasteiger partial charge >= 0.3 is 0 Å². The fraction of sp³-hybridized carbons (Fsp3) is 0.462. The maximum atomic E-state index is 4.03. The lowest BCUT2D eigenvalue weighted by Crippen LogP contribution is -2.31. The predicted molar refractivity (Wildman–Crippen MR) is 70.2 cm³/mol. The molecule has 1 fully saturated rings. The second-order valence-electron chi connectivity index (χ2n) is 4.75. The van der Waals surface area contributed by atoms with Crippen LogP contribution >= 0.6 is 0 Å². The van der Waals surface area contributed by atoms with E-state index in [9.17, 15) is 0 Å². The van der Waals surface area contributed by atoms with Crippen LogP contribution < -0.4 is 10.6 Å². The first kappa shape index (κ1) is 10.6. The maximum Gasteiger partial charge on any atom is 0.0651 e. The summed E-state index contributed by atoms with van der Waals surface area (Å²) in [7, 11) is 0. The van der Waals surface area contributed by atoms with E-state index in [1.807, 2.05) is 6.20 Å². The molecule has 1 aromatic heterocycles. The Morgan fingerprint density at radius 1 is 1.29 bits per heavy atom. The van der Waals surface area contributed by atoms with E-state index in [-0.39, 0.29) is 0 Å². The van der Waals surface area contributed by atoms with Gasteiger partial charge in [0.05, 0.1) is 11.7 Å². The Balaban J connectivity index is 1.63. The maximum absolute atomic E-state index is 4.03. The number of piperidine rings is 1. The molecule has 17 heavy (non-hydrogen) atoms. The Morgan fingerprint density at radius 2 is 2.18 bits per heavy atom. The largest absolute Gasteiger partial charge is 0.385 e. The molecule has 1 aliphatic rings. The number of H-pyrrole nitrogens is 1. The number of anilines is 1. The molecule has 4 nitrogen and oxygen atoms in total. The smallest absolute Gasteiger partial charge is 0.0651 e. The second-order valence-corrected chi connectivity index (χ2v) is 4.75. The Labute approximate surface area is 101 Å². The summed E-state index contributed by atoms with van der Waals surface area (Å²) in [5.74, 6) is 0.802. The molecule has 3 rings (SSSR count). The topological polar surface area (TPSA) is 52.7 Å². The van der Waals surface area contributed by atoms with Crippen molar-refractivity contribution >= 4 is 16.6 Å². The number of rotatable bonds is 3. The Morgan fingerprint density at radius 3 is 3.06 bits per heavy atom. The summed E-state index contributed by atoms with van der Waals surface area (Å²) in [6.07, 6.45) is 4.42. The predicted octanol–water partition coefficient (Wildman–Crippen LogP) is 1.97. The van der Waals surface area contributed by atoms with Crippen LogP contribution in [0.25, 0.3) is 10.9 Å². The van der Waals surface area contributed by atoms with E-state index < -0.39 is 0 Å². The van der Waals surface area contributed by atoms with Crippen LogP contribution in [0.4, 0.5) is 5.69 Å². The number of aromatic amines is 1. The Kier molecular flexibility index (Phi) is 2.96. The normalized spacial score (nSPS) is 17.4. The lowest BCUT2D eigenvalue weighted by atomic mass is 9.98. The molecule has 0 radical (unpaired) electrons. The molecule has 0 amide bonds. The highest BCUT2D eigenvalue weighted by Gasteiger charge is 2.12. The first-order chi connectivity index (χ1) is 8.42. The van der Waals surface area contributed by atoms with E-state index in [4.69, 9.17) is 0 Å². The van der Waals surface area contributed by atoms with Crippen LogP contribution in [0.1, 0.15) is 12.8 Å². The minimum Gasteiger partial charge on any atom is -0.385 e. The highest BCUT2D eigenvalue weighted by atomic mass is 15.1. The van der Waals surface area contributed by atoms with Crippen LogP contribution in [0.2, 0.25) is 0 Å². The molecule has 3 N–H and O–H groups in total. The molecule has 1 saturated heterocycles. The van der Waals surface area contributed by atoms with Gasteiger partial charge in [-0.2, -0.15) is 5.10 Å². The molecule has 1 aromatic carbocycles. The molecule has 0 spiro atoms. The van der Waals surface area contributed by atoms with Gasteiger partial charge in [-0.05, 0) is 50.0 Å². The van der Waals surface area contributed by atoms with Gasteiger partial charge in [0.25, 0.3) is 0 Å². The molecular weight excluding hydrogens is 212 g/mol. The third-order valence-corrected chi connectivity index (χ3v) is 3.49. The zero-order valence-corrected chi connectivity index (χ0v) is 9.87. The molecule has 2 heterocycles. The van der Waals surface area contributed by atoms with Crippen LogP contribution in [0.3, 0.4) is 0 Å². The number of hydrogen-bond acceptors (Lipinski definition) is 3. The summed E-state index contributed by atoms with van der Waals surface area (Å²) >= 11 is 0. The fourth-order valence-electron chi connectivity index (χ4n) is 2.40. The van der Waals surface area contributed by atoms with E-state index >= 15 is 0 Å². The van der Waals surface area contributed by atoms with Gasteiger partial charge in [-0.3, -0.25) is 5.10 Å². The Bertz CT molecular complexity index is 485. The van der Waals surface area contributed by atoms with Gasteiger partial charge in [0, 0.05) is 17.6 Å². The van der Waals surface area contributed by atoms with Gasteiger partial charge in [-0.15, -0.1) is 0 Å². The number of nitrogens with one attached hydrogen (secondary N) is 3. The lowest BCUT2D eigenvalue weighted by molar-refractivity contribution is 0.390. The zero-order chi connectivity index (χ0) is 11.5. The van der Waals surface area contributed by atoms with Gasteiger partial charge in [-0.1, -0.05) is 0 Å². The van der Waals surface area contributed by atoms with E-state index in [0.29, 0.717) is 0 Å². The van der Waals surface area contributed by atoms with E-state index in [1.165, 1.54) is 23.9 Å². The first-order valence-electron chi connectivity index (χ1n) is 6.29. The number of nitrogens with zero attached hydrogens (tertiary/aromatic N) is 1. The average molecular weight is 230 g/mol. The van der Waals surface area contributed by atoms with Crippen LogP contribution in [0.5, 0.6) is 0 Å². The van der Waals surface area contributed by atoms with Gasteiger partial charge in [0.15, 0.2) is 0 Å². The van der Waals surface area contributed by atoms with Crippen molar-refractivity contribution in [1.82, 2.24) is 15.5 Å². The van der Waals surface area contributed by atoms with Crippen molar-refractivity contribution in [2.24, 2.45) is 5.92 Å². The van der Waals surface area contributed by atoms with E-state index in [2.05, 4.69) is 39.0 Å². The van der Waals surface area contributed by atoms with Gasteiger partial charge in [0.1, 0.15) is 0 Å². The summed E-state index contributed by atoms with van der Waals surface area (Å²) in [5.41, 5.74) is 2.29. The van der Waals surface area contributed by atoms with Crippen molar-refractivity contribution < 1.29 is 0 Å². The van der Waals surface area contributed by atoms with E-state index in [0.717, 1.165) is 31.1 Å². The summed E-state index contributed by atoms with van der Waals surface area (Å²) in [4.78, 5) is 0. The lowest BCUT2D eigenvalue weighted by Gasteiger charge is -2.23. The minimum atomic E-state index is 0.802. The van der Waals surface area contributed by atoms with Gasteiger partial charge in [-0.25, -0.2) is 0 Å². The SMILES string of the molecule is c1cc2[nH]ncc2cc1NCC1CCNCC1. The summed E-state index contributed by atoms with van der Waals surface area (Å²) < 4.78 is 0. The summed E-state index contributed by atoms with van der Waals surface area (Å²) in [6.45, 7) is 3.39. The van der Waals surface area contributed by atoms with Crippen molar-refractivity contribution in [3.05, 3.63) is 24.4 Å². The van der Waals surface area contributed by atoms with Crippen LogP contribution in [0.15, 0.2) is 24.4 Å². The molecular formula is C13H18N4. The highest BCUT2D eigenvalue weighted by Crippen LogP contribution is 2.18. The summed E-state index contributed by atoms with van der Waals surface area (Å²) in [6, 6.07) is 6.34. The monoisotopic (exact) mass is 230 g/mol. The third-order valence-electron chi connectivity index (χ3n) is 3.49. The highest BCUT2D eigenvalue weighted by molar-refractivity contribution is 5.81. The molecule has 4 heteroatoms. The van der Waals surface area contributed by atoms with Crippen molar-refractivity contribution in [2.45, 2.75) is 12.8 Å². The van der Waals surface area contributed by atoms with Crippen molar-refractivity contribution in [2.75, 3.05) is 25.0 Å². The molecule has 90 valence electrons. The first-order valence-corrected chi connectivity index (χ1v) is 6.29.